The van der Waals surface area contributed by atoms with Gasteiger partial charge in [0, 0.05) is 36.9 Å². The van der Waals surface area contributed by atoms with E-state index in [-0.39, 0.29) is 32.7 Å². The van der Waals surface area contributed by atoms with Gasteiger partial charge in [-0.25, -0.2) is 14.1 Å². The van der Waals surface area contributed by atoms with Crippen molar-refractivity contribution >= 4 is 56.2 Å². The van der Waals surface area contributed by atoms with Gasteiger partial charge in [0.25, 0.3) is 17.7 Å². The van der Waals surface area contributed by atoms with Crippen molar-refractivity contribution in [3.63, 3.8) is 0 Å². The van der Waals surface area contributed by atoms with Crippen LogP contribution in [0.2, 0.25) is 0 Å². The van der Waals surface area contributed by atoms with Gasteiger partial charge in [0.2, 0.25) is 11.5 Å². The first kappa shape index (κ1) is 29.2. The fraction of sp³-hybridized carbons (Fsp3) is 0.350. The Kier molecular flexibility index (Phi) is 7.60. The van der Waals surface area contributed by atoms with Gasteiger partial charge < -0.3 is 36.6 Å². The van der Waals surface area contributed by atoms with Crippen LogP contribution in [0.15, 0.2) is 27.5 Å². The van der Waals surface area contributed by atoms with Crippen molar-refractivity contribution < 1.29 is 52.4 Å². The molecule has 2 atom stereocenters. The lowest BCUT2D eigenvalue weighted by molar-refractivity contribution is -0.178. The number of amides is 3. The van der Waals surface area contributed by atoms with Crippen molar-refractivity contribution in [1.82, 2.24) is 24.7 Å². The number of rotatable bonds is 10. The Labute approximate surface area is 232 Å². The molecule has 0 radical (unpaired) electrons. The van der Waals surface area contributed by atoms with Gasteiger partial charge in [-0.2, -0.15) is 8.42 Å². The van der Waals surface area contributed by atoms with Gasteiger partial charge in [-0.05, 0) is 6.42 Å². The van der Waals surface area contributed by atoms with Crippen LogP contribution in [-0.2, 0) is 29.5 Å². The van der Waals surface area contributed by atoms with Crippen LogP contribution in [0.1, 0.15) is 35.4 Å². The highest BCUT2D eigenvalue weighted by Crippen LogP contribution is 2.36. The molecule has 4 rings (SSSR count). The molecule has 8 N–H and O–H groups in total. The van der Waals surface area contributed by atoms with Crippen molar-refractivity contribution in [2.24, 2.45) is 5.16 Å². The van der Waals surface area contributed by atoms with E-state index in [1.54, 1.807) is 0 Å². The summed E-state index contributed by atoms with van der Waals surface area (Å²) in [4.78, 5) is 70.5. The first-order chi connectivity index (χ1) is 19.1. The minimum absolute atomic E-state index is 0.00394. The summed E-state index contributed by atoms with van der Waals surface area (Å²) in [6.45, 7) is -0.756. The summed E-state index contributed by atoms with van der Waals surface area (Å²) in [5.41, 5.74) is 1.56. The molecule has 220 valence electrons. The van der Waals surface area contributed by atoms with Gasteiger partial charge >= 0.3 is 16.3 Å². The number of pyridine rings is 1. The number of carbonyl (C=O) groups excluding carboxylic acids is 3. The second kappa shape index (κ2) is 10.7. The third-order valence-corrected chi connectivity index (χ3v) is 7.87. The molecule has 19 nitrogen and oxygen atoms in total. The molecule has 0 spiro atoms. The summed E-state index contributed by atoms with van der Waals surface area (Å²) in [5.74, 6) is -5.98. The standard InChI is InChI=1S/C20H21N7O12S2/c21-19-23-9(7-40-19)13(25-39-20(18(33)34)2-1-3-20)16(31)24-14-11(27(17(14)32)41(36,37)38)6-22-15(30)10-4-8(28)5-12(29)26(10)35/h4-5,7,11,14,29,35H,1-3,6H2,(H2,21,23)(H,22,30)(H,24,31)(H,33,34)(H,36,37,38)/t11-,14-/m0/s1. The van der Waals surface area contributed by atoms with E-state index in [2.05, 4.69) is 20.8 Å². The average molecular weight is 616 g/mol. The molecule has 41 heavy (non-hydrogen) atoms. The first-order valence-electron chi connectivity index (χ1n) is 11.4. The predicted octanol–water partition coefficient (Wildman–Crippen LogP) is -2.51. The second-order valence-corrected chi connectivity index (χ2v) is 11.0. The van der Waals surface area contributed by atoms with E-state index in [1.807, 2.05) is 0 Å². The zero-order valence-electron chi connectivity index (χ0n) is 20.5. The molecule has 1 aliphatic carbocycles. The van der Waals surface area contributed by atoms with Crippen LogP contribution in [0.25, 0.3) is 0 Å². The third-order valence-electron chi connectivity index (χ3n) is 6.25. The highest BCUT2D eigenvalue weighted by molar-refractivity contribution is 7.84. The van der Waals surface area contributed by atoms with E-state index < -0.39 is 80.9 Å². The third kappa shape index (κ3) is 5.62. The van der Waals surface area contributed by atoms with Crippen LogP contribution in [0.5, 0.6) is 5.88 Å². The van der Waals surface area contributed by atoms with Crippen LogP contribution in [0.3, 0.4) is 0 Å². The van der Waals surface area contributed by atoms with E-state index in [0.29, 0.717) is 18.6 Å². The summed E-state index contributed by atoms with van der Waals surface area (Å²) in [6.07, 6.45) is 0.734. The Bertz CT molecular complexity index is 1630. The maximum absolute atomic E-state index is 13.2. The van der Waals surface area contributed by atoms with Crippen LogP contribution in [-0.4, -0.2) is 96.0 Å². The maximum Gasteiger partial charge on any atom is 0.362 e. The number of hydrogen-bond acceptors (Lipinski definition) is 14. The minimum Gasteiger partial charge on any atom is -0.492 e. The Morgan fingerprint density at radius 1 is 1.27 bits per heavy atom. The Hall–Kier alpha value is -4.76. The van der Waals surface area contributed by atoms with E-state index in [9.17, 15) is 52.4 Å². The van der Waals surface area contributed by atoms with E-state index in [4.69, 9.17) is 10.6 Å². The molecule has 0 aromatic carbocycles. The molecule has 0 unspecified atom stereocenters. The fourth-order valence-corrected chi connectivity index (χ4v) is 5.37. The summed E-state index contributed by atoms with van der Waals surface area (Å²) in [7, 11) is -5.18. The van der Waals surface area contributed by atoms with Crippen molar-refractivity contribution in [3.8, 4) is 5.88 Å². The fourth-order valence-electron chi connectivity index (χ4n) is 3.95. The maximum atomic E-state index is 13.2. The molecule has 2 aromatic rings. The smallest absolute Gasteiger partial charge is 0.362 e. The zero-order chi connectivity index (χ0) is 30.3. The normalized spacial score (nSPS) is 20.0. The van der Waals surface area contributed by atoms with Gasteiger partial charge in [0.05, 0.1) is 6.04 Å². The zero-order valence-corrected chi connectivity index (χ0v) is 22.1. The van der Waals surface area contributed by atoms with Crippen LogP contribution in [0, 0.1) is 0 Å². The molecule has 3 amide bonds. The lowest BCUT2D eigenvalue weighted by atomic mass is 9.80. The number of nitrogens with one attached hydrogen (secondary N) is 2. The van der Waals surface area contributed by atoms with E-state index >= 15 is 0 Å². The van der Waals surface area contributed by atoms with Crippen molar-refractivity contribution in [2.75, 3.05) is 12.3 Å². The number of thiazole rings is 1. The number of carboxylic acid groups (broad SMARTS) is 1. The number of hydrogen-bond donors (Lipinski definition) is 7. The van der Waals surface area contributed by atoms with Gasteiger partial charge in [-0.15, -0.1) is 16.1 Å². The second-order valence-electron chi connectivity index (χ2n) is 8.84. The molecule has 1 saturated heterocycles. The number of aromatic nitrogens is 2. The number of nitrogen functional groups attached to an aromatic ring is 1. The lowest BCUT2D eigenvalue weighted by Crippen LogP contribution is -2.74. The number of carboxylic acids is 1. The van der Waals surface area contributed by atoms with Gasteiger partial charge in [0.1, 0.15) is 11.7 Å². The van der Waals surface area contributed by atoms with E-state index in [0.717, 1.165) is 11.3 Å². The Balaban J connectivity index is 1.57. The quantitative estimate of drug-likeness (QED) is 0.0477. The number of aliphatic carboxylic acids is 1. The predicted molar refractivity (Wildman–Crippen MR) is 134 cm³/mol. The summed E-state index contributed by atoms with van der Waals surface area (Å²) < 4.78 is 33.0. The first-order valence-corrected chi connectivity index (χ1v) is 13.7. The van der Waals surface area contributed by atoms with E-state index in [1.165, 1.54) is 5.38 Å². The SMILES string of the molecule is Nc1nc(C(=NOC2(C(=O)O)CCC2)C(=O)N[C@@H]2C(=O)N(S(=O)(=O)O)[C@H]2CNC(=O)c2cc(=O)cc(O)n2O)cs1. The van der Waals surface area contributed by atoms with Crippen LogP contribution < -0.4 is 21.8 Å². The van der Waals surface area contributed by atoms with Gasteiger partial charge in [-0.3, -0.25) is 23.7 Å². The topological polar surface area (TPSA) is 293 Å². The number of nitrogens with two attached hydrogens (primary N) is 1. The summed E-state index contributed by atoms with van der Waals surface area (Å²) >= 11 is 0.902. The van der Waals surface area contributed by atoms with Crippen molar-refractivity contribution in [1.29, 1.82) is 0 Å². The summed E-state index contributed by atoms with van der Waals surface area (Å²) in [5, 5.41) is 38.1. The largest absolute Gasteiger partial charge is 0.492 e. The molecular formula is C20H21N7O12S2. The highest BCUT2D eigenvalue weighted by Gasteiger charge is 2.54. The van der Waals surface area contributed by atoms with Crippen molar-refractivity contribution in [3.05, 3.63) is 39.1 Å². The molecule has 2 aromatic heterocycles. The van der Waals surface area contributed by atoms with Crippen LogP contribution >= 0.6 is 11.3 Å². The van der Waals surface area contributed by atoms with Gasteiger partial charge in [-0.1, -0.05) is 5.16 Å². The summed E-state index contributed by atoms with van der Waals surface area (Å²) in [6, 6.07) is -2.06. The molecule has 2 aliphatic rings. The lowest BCUT2D eigenvalue weighted by Gasteiger charge is -2.44. The number of carbonyl (C=O) groups is 4. The molecule has 21 heteroatoms. The van der Waals surface area contributed by atoms with Crippen molar-refractivity contribution in [2.45, 2.75) is 36.9 Å². The number of nitrogens with zero attached hydrogens (tertiary/aromatic N) is 4. The van der Waals surface area contributed by atoms with Gasteiger partial charge in [0.15, 0.2) is 22.0 Å². The van der Waals surface area contributed by atoms with Crippen LogP contribution in [0.4, 0.5) is 5.13 Å². The molecule has 1 aliphatic heterocycles. The number of aromatic hydroxyl groups is 1. The molecular weight excluding hydrogens is 594 g/mol. The Morgan fingerprint density at radius 2 is 1.95 bits per heavy atom. The molecule has 3 heterocycles. The number of anilines is 1. The number of oxime groups is 1. The Morgan fingerprint density at radius 3 is 2.49 bits per heavy atom. The highest BCUT2D eigenvalue weighted by atomic mass is 32.2. The average Bonchev–Trinajstić information content (AvgIpc) is 3.27. The monoisotopic (exact) mass is 615 g/mol. The molecule has 2 fully saturated rings. The molecule has 1 saturated carbocycles. The number of β-lactam (4-membered cyclic amide) rings is 1. The minimum atomic E-state index is -5.18. The molecule has 0 bridgehead atoms.